The normalized spacial score (nSPS) is 15.0. The number of thiazole rings is 1. The summed E-state index contributed by atoms with van der Waals surface area (Å²) in [5.74, 6) is 0. The van der Waals surface area contributed by atoms with Crippen LogP contribution in [0.5, 0.6) is 0 Å². The van der Waals surface area contributed by atoms with E-state index in [0.29, 0.717) is 6.54 Å². The third kappa shape index (κ3) is 2.83. The molecule has 0 spiro atoms. The van der Waals surface area contributed by atoms with E-state index in [1.807, 2.05) is 25.1 Å². The van der Waals surface area contributed by atoms with E-state index in [0.717, 1.165) is 16.9 Å². The fourth-order valence-electron chi connectivity index (χ4n) is 1.58. The standard InChI is InChI=1S/C13H18N2OS/c1-3-13(2,9-16)14-8-12-15-10-6-4-5-7-11(10)17-12/h4-7,14,16H,3,8-9H2,1-2H3. The Kier molecular flexibility index (Phi) is 3.76. The number of fused-ring (bicyclic) bond motifs is 1. The van der Waals surface area contributed by atoms with Crippen molar-refractivity contribution in [1.82, 2.24) is 10.3 Å². The molecule has 0 amide bonds. The van der Waals surface area contributed by atoms with Crippen LogP contribution < -0.4 is 5.32 Å². The Morgan fingerprint density at radius 1 is 1.41 bits per heavy atom. The lowest BCUT2D eigenvalue weighted by molar-refractivity contribution is 0.169. The number of aromatic nitrogens is 1. The van der Waals surface area contributed by atoms with Gasteiger partial charge < -0.3 is 10.4 Å². The molecule has 1 unspecified atom stereocenters. The first-order valence-electron chi connectivity index (χ1n) is 5.87. The van der Waals surface area contributed by atoms with E-state index in [-0.39, 0.29) is 12.1 Å². The van der Waals surface area contributed by atoms with E-state index in [9.17, 15) is 5.11 Å². The third-order valence-electron chi connectivity index (χ3n) is 3.13. The number of hydrogen-bond acceptors (Lipinski definition) is 4. The van der Waals surface area contributed by atoms with E-state index < -0.39 is 0 Å². The maximum Gasteiger partial charge on any atom is 0.108 e. The zero-order valence-electron chi connectivity index (χ0n) is 10.2. The molecule has 2 aromatic rings. The van der Waals surface area contributed by atoms with Crippen molar-refractivity contribution in [2.75, 3.05) is 6.61 Å². The zero-order chi connectivity index (χ0) is 12.3. The molecule has 3 nitrogen and oxygen atoms in total. The summed E-state index contributed by atoms with van der Waals surface area (Å²) < 4.78 is 1.21. The molecule has 0 aliphatic heterocycles. The van der Waals surface area contributed by atoms with Crippen molar-refractivity contribution in [2.45, 2.75) is 32.4 Å². The van der Waals surface area contributed by atoms with Gasteiger partial charge in [0, 0.05) is 12.1 Å². The third-order valence-corrected chi connectivity index (χ3v) is 4.17. The lowest BCUT2D eigenvalue weighted by Gasteiger charge is -2.26. The average molecular weight is 250 g/mol. The van der Waals surface area contributed by atoms with Crippen molar-refractivity contribution >= 4 is 21.6 Å². The predicted octanol–water partition coefficient (Wildman–Crippen LogP) is 2.55. The molecule has 1 heterocycles. The Morgan fingerprint density at radius 3 is 2.82 bits per heavy atom. The van der Waals surface area contributed by atoms with Crippen LogP contribution in [0.1, 0.15) is 25.3 Å². The Bertz CT molecular complexity index is 458. The van der Waals surface area contributed by atoms with Gasteiger partial charge in [0.25, 0.3) is 0 Å². The lowest BCUT2D eigenvalue weighted by Crippen LogP contribution is -2.44. The quantitative estimate of drug-likeness (QED) is 0.857. The second-order valence-electron chi connectivity index (χ2n) is 4.50. The first kappa shape index (κ1) is 12.5. The van der Waals surface area contributed by atoms with Gasteiger partial charge in [-0.1, -0.05) is 19.1 Å². The van der Waals surface area contributed by atoms with Crippen LogP contribution in [0.15, 0.2) is 24.3 Å². The summed E-state index contributed by atoms with van der Waals surface area (Å²) in [6.07, 6.45) is 0.897. The number of hydrogen-bond donors (Lipinski definition) is 2. The molecular weight excluding hydrogens is 232 g/mol. The first-order valence-corrected chi connectivity index (χ1v) is 6.69. The zero-order valence-corrected chi connectivity index (χ0v) is 11.0. The number of benzene rings is 1. The van der Waals surface area contributed by atoms with Gasteiger partial charge in [-0.3, -0.25) is 0 Å². The predicted molar refractivity (Wildman–Crippen MR) is 72.2 cm³/mol. The number of nitrogens with zero attached hydrogens (tertiary/aromatic N) is 1. The van der Waals surface area contributed by atoms with Crippen molar-refractivity contribution < 1.29 is 5.11 Å². The second-order valence-corrected chi connectivity index (χ2v) is 5.62. The molecule has 0 radical (unpaired) electrons. The number of aliphatic hydroxyl groups excluding tert-OH is 1. The first-order chi connectivity index (χ1) is 8.17. The van der Waals surface area contributed by atoms with Gasteiger partial charge in [-0.25, -0.2) is 4.98 Å². The summed E-state index contributed by atoms with van der Waals surface area (Å²) in [6, 6.07) is 8.15. The second kappa shape index (κ2) is 5.12. The van der Waals surface area contributed by atoms with Gasteiger partial charge in [-0.15, -0.1) is 11.3 Å². The summed E-state index contributed by atoms with van der Waals surface area (Å²) in [5, 5.41) is 13.8. The molecule has 2 rings (SSSR count). The Labute approximate surface area is 106 Å². The Morgan fingerprint density at radius 2 is 2.18 bits per heavy atom. The highest BCUT2D eigenvalue weighted by atomic mass is 32.1. The number of aliphatic hydroxyl groups is 1. The molecule has 17 heavy (non-hydrogen) atoms. The van der Waals surface area contributed by atoms with E-state index in [1.165, 1.54) is 4.70 Å². The highest BCUT2D eigenvalue weighted by molar-refractivity contribution is 7.18. The van der Waals surface area contributed by atoms with Gasteiger partial charge in [0.2, 0.25) is 0 Å². The largest absolute Gasteiger partial charge is 0.394 e. The van der Waals surface area contributed by atoms with Crippen molar-refractivity contribution in [3.63, 3.8) is 0 Å². The molecule has 0 saturated heterocycles. The van der Waals surface area contributed by atoms with Gasteiger partial charge in [0.15, 0.2) is 0 Å². The van der Waals surface area contributed by atoms with Gasteiger partial charge in [0.05, 0.1) is 16.8 Å². The molecule has 1 aromatic carbocycles. The summed E-state index contributed by atoms with van der Waals surface area (Å²) in [7, 11) is 0. The molecule has 0 fully saturated rings. The van der Waals surface area contributed by atoms with Crippen LogP contribution in [-0.4, -0.2) is 22.2 Å². The van der Waals surface area contributed by atoms with Crippen LogP contribution >= 0.6 is 11.3 Å². The molecule has 1 atom stereocenters. The fourth-order valence-corrected chi connectivity index (χ4v) is 2.48. The molecule has 1 aromatic heterocycles. The van der Waals surface area contributed by atoms with Crippen LogP contribution in [0.4, 0.5) is 0 Å². The smallest absolute Gasteiger partial charge is 0.108 e. The summed E-state index contributed by atoms with van der Waals surface area (Å²) >= 11 is 1.70. The van der Waals surface area contributed by atoms with Gasteiger partial charge >= 0.3 is 0 Å². The van der Waals surface area contributed by atoms with Crippen molar-refractivity contribution in [3.8, 4) is 0 Å². The van der Waals surface area contributed by atoms with Gasteiger partial charge in [-0.05, 0) is 25.5 Å². The molecule has 0 aliphatic carbocycles. The molecule has 0 saturated carbocycles. The minimum Gasteiger partial charge on any atom is -0.394 e. The number of para-hydroxylation sites is 1. The molecule has 2 N–H and O–H groups in total. The highest BCUT2D eigenvalue weighted by Crippen LogP contribution is 2.22. The number of nitrogens with one attached hydrogen (secondary N) is 1. The van der Waals surface area contributed by atoms with Crippen molar-refractivity contribution in [2.24, 2.45) is 0 Å². The van der Waals surface area contributed by atoms with Crippen LogP contribution in [0, 0.1) is 0 Å². The molecule has 0 aliphatic rings. The van der Waals surface area contributed by atoms with Gasteiger partial charge in [0.1, 0.15) is 5.01 Å². The minimum atomic E-state index is -0.210. The van der Waals surface area contributed by atoms with Gasteiger partial charge in [-0.2, -0.15) is 0 Å². The summed E-state index contributed by atoms with van der Waals surface area (Å²) in [5.41, 5.74) is 0.842. The van der Waals surface area contributed by atoms with E-state index in [1.54, 1.807) is 11.3 Å². The lowest BCUT2D eigenvalue weighted by atomic mass is 10.0. The SMILES string of the molecule is CCC(C)(CO)NCc1nc2ccccc2s1. The summed E-state index contributed by atoms with van der Waals surface area (Å²) in [6.45, 7) is 4.96. The van der Waals surface area contributed by atoms with Crippen molar-refractivity contribution in [3.05, 3.63) is 29.3 Å². The van der Waals surface area contributed by atoms with Crippen LogP contribution in [0.25, 0.3) is 10.2 Å². The van der Waals surface area contributed by atoms with Crippen molar-refractivity contribution in [1.29, 1.82) is 0 Å². The number of rotatable bonds is 5. The van der Waals surface area contributed by atoms with E-state index >= 15 is 0 Å². The summed E-state index contributed by atoms with van der Waals surface area (Å²) in [4.78, 5) is 4.56. The van der Waals surface area contributed by atoms with Crippen LogP contribution in [-0.2, 0) is 6.54 Å². The maximum absolute atomic E-state index is 9.32. The van der Waals surface area contributed by atoms with E-state index in [4.69, 9.17) is 0 Å². The Balaban J connectivity index is 2.09. The molecule has 4 heteroatoms. The maximum atomic E-state index is 9.32. The monoisotopic (exact) mass is 250 g/mol. The molecule has 92 valence electrons. The highest BCUT2D eigenvalue weighted by Gasteiger charge is 2.20. The average Bonchev–Trinajstić information content (AvgIpc) is 2.79. The van der Waals surface area contributed by atoms with Crippen LogP contribution in [0.3, 0.4) is 0 Å². The Hall–Kier alpha value is -0.970. The fraction of sp³-hybridized carbons (Fsp3) is 0.462. The minimum absolute atomic E-state index is 0.147. The molecule has 0 bridgehead atoms. The molecular formula is C13H18N2OS. The van der Waals surface area contributed by atoms with E-state index in [2.05, 4.69) is 23.3 Å². The topological polar surface area (TPSA) is 45.1 Å². The van der Waals surface area contributed by atoms with Crippen LogP contribution in [0.2, 0.25) is 0 Å².